The van der Waals surface area contributed by atoms with Crippen LogP contribution in [0.1, 0.15) is 49.7 Å². The highest BCUT2D eigenvalue weighted by molar-refractivity contribution is 6.31. The van der Waals surface area contributed by atoms with Crippen molar-refractivity contribution >= 4 is 29.3 Å². The Balaban J connectivity index is 1.36. The third kappa shape index (κ3) is 4.37. The summed E-state index contributed by atoms with van der Waals surface area (Å²) in [5.74, 6) is -7.19. The van der Waals surface area contributed by atoms with Crippen LogP contribution in [0.5, 0.6) is 0 Å². The van der Waals surface area contributed by atoms with Crippen molar-refractivity contribution in [1.82, 2.24) is 15.5 Å². The molecule has 5 aliphatic rings. The van der Waals surface area contributed by atoms with Gasteiger partial charge in [-0.15, -0.1) is 0 Å². The molecule has 2 bridgehead atoms. The second-order valence-electron chi connectivity index (χ2n) is 11.5. The summed E-state index contributed by atoms with van der Waals surface area (Å²) in [5.41, 5.74) is -0.546. The Morgan fingerprint density at radius 2 is 1.93 bits per heavy atom. The minimum Gasteiger partial charge on any atom is -0.372 e. The van der Waals surface area contributed by atoms with E-state index >= 15 is 8.78 Å². The van der Waals surface area contributed by atoms with Crippen LogP contribution in [0.25, 0.3) is 11.1 Å². The second kappa shape index (κ2) is 10.1. The molecule has 3 saturated heterocycles. The minimum atomic E-state index is -3.22. The lowest BCUT2D eigenvalue weighted by molar-refractivity contribution is -0.201. The van der Waals surface area contributed by atoms with Gasteiger partial charge in [0.25, 0.3) is 11.8 Å². The number of rotatable bonds is 5. The van der Waals surface area contributed by atoms with E-state index < -0.39 is 59.7 Å². The van der Waals surface area contributed by atoms with Crippen LogP contribution in [-0.2, 0) is 20.0 Å². The van der Waals surface area contributed by atoms with E-state index in [4.69, 9.17) is 11.6 Å². The molecule has 0 aromatic heterocycles. The molecule has 8 nitrogen and oxygen atoms in total. The van der Waals surface area contributed by atoms with Crippen LogP contribution in [0, 0.1) is 23.2 Å². The lowest BCUT2D eigenvalue weighted by Gasteiger charge is -2.54. The third-order valence-electron chi connectivity index (χ3n) is 9.12. The van der Waals surface area contributed by atoms with Crippen molar-refractivity contribution in [3.05, 3.63) is 58.6 Å². The van der Waals surface area contributed by atoms with E-state index in [2.05, 4.69) is 10.6 Å². The van der Waals surface area contributed by atoms with Crippen molar-refractivity contribution in [2.24, 2.45) is 11.8 Å². The average Bonchev–Trinajstić information content (AvgIpc) is 3.21. The van der Waals surface area contributed by atoms with Crippen LogP contribution in [0.2, 0.25) is 5.02 Å². The fraction of sp³-hybridized carbons (Fsp3) is 0.467. The largest absolute Gasteiger partial charge is 0.372 e. The Hall–Kier alpha value is -3.55. The number of nitrogens with one attached hydrogen (secondary N) is 2. The fourth-order valence-corrected chi connectivity index (χ4v) is 7.36. The van der Waals surface area contributed by atoms with E-state index in [-0.39, 0.29) is 41.3 Å². The molecule has 214 valence electrons. The number of halogens is 3. The first-order valence-electron chi connectivity index (χ1n) is 13.9. The van der Waals surface area contributed by atoms with Crippen LogP contribution >= 0.6 is 11.6 Å². The number of piperidine rings is 3. The number of carbonyl (C=O) groups excluding carboxylic acids is 3. The van der Waals surface area contributed by atoms with Gasteiger partial charge in [-0.25, -0.2) is 8.78 Å². The quantitative estimate of drug-likeness (QED) is 0.498. The maximum absolute atomic E-state index is 15.3. The van der Waals surface area contributed by atoms with Crippen LogP contribution < -0.4 is 10.6 Å². The SMILES string of the molecule is N#C[C@@H](C[C@@H]1CCCNC1=O)NC(=O)[C@H]1[C@@H]2CC[C@@H](CC2(F)F)N1C(=O)[C@@]1(O)c2ccccc2-c2ccc(Cl)cc21. The zero-order chi connectivity index (χ0) is 29.1. The molecule has 2 aromatic carbocycles. The standard InChI is InChI=1S/C30H29ClF2N4O4/c31-17-7-9-21-20-5-1-2-6-22(20)30(41,24(21)13-17)28(40)37-19-8-10-23(29(32,33)14-19)25(37)27(39)36-18(15-34)12-16-4-3-11-35-26(16)38/h1-2,5-7,9,13,16,18-19,23,25,41H,3-4,8,10-12,14H2,(H,35,38)(H,36,39)/t16-,18+,19-,23-,25+,30+/m0/s1. The highest BCUT2D eigenvalue weighted by atomic mass is 35.5. The van der Waals surface area contributed by atoms with Crippen molar-refractivity contribution in [3.8, 4) is 17.2 Å². The molecule has 3 N–H and O–H groups in total. The number of amides is 3. The molecule has 11 heteroatoms. The van der Waals surface area contributed by atoms with Crippen LogP contribution in [0.4, 0.5) is 8.78 Å². The van der Waals surface area contributed by atoms with Gasteiger partial charge in [0.1, 0.15) is 12.1 Å². The Kier molecular flexibility index (Phi) is 6.78. The van der Waals surface area contributed by atoms with E-state index in [0.29, 0.717) is 24.1 Å². The van der Waals surface area contributed by atoms with Crippen molar-refractivity contribution in [2.75, 3.05) is 6.54 Å². The predicted octanol–water partition coefficient (Wildman–Crippen LogP) is 3.50. The minimum absolute atomic E-state index is 0.0131. The lowest BCUT2D eigenvalue weighted by atomic mass is 9.70. The van der Waals surface area contributed by atoms with Crippen molar-refractivity contribution in [1.29, 1.82) is 5.26 Å². The second-order valence-corrected chi connectivity index (χ2v) is 11.9. The molecule has 41 heavy (non-hydrogen) atoms. The maximum atomic E-state index is 15.3. The van der Waals surface area contributed by atoms with Gasteiger partial charge in [-0.2, -0.15) is 5.26 Å². The number of alkyl halides is 2. The van der Waals surface area contributed by atoms with Crippen LogP contribution in [0.15, 0.2) is 42.5 Å². The highest BCUT2D eigenvalue weighted by Crippen LogP contribution is 2.54. The third-order valence-corrected chi connectivity index (χ3v) is 9.35. The van der Waals surface area contributed by atoms with E-state index in [1.807, 2.05) is 6.07 Å². The molecule has 1 saturated carbocycles. The maximum Gasteiger partial charge on any atom is 0.264 e. The van der Waals surface area contributed by atoms with E-state index in [1.54, 1.807) is 36.4 Å². The summed E-state index contributed by atoms with van der Waals surface area (Å²) in [6.07, 6.45) is 0.943. The molecule has 3 amide bonds. The molecule has 0 unspecified atom stereocenters. The molecule has 0 radical (unpaired) electrons. The summed E-state index contributed by atoms with van der Waals surface area (Å²) in [7, 11) is 0. The monoisotopic (exact) mass is 582 g/mol. The first-order chi connectivity index (χ1) is 19.6. The number of hydrogen-bond donors (Lipinski definition) is 3. The van der Waals surface area contributed by atoms with Gasteiger partial charge in [0.05, 0.1) is 12.0 Å². The van der Waals surface area contributed by atoms with E-state index in [9.17, 15) is 24.8 Å². The molecule has 4 fully saturated rings. The van der Waals surface area contributed by atoms with Gasteiger partial charge < -0.3 is 20.6 Å². The van der Waals surface area contributed by atoms with Crippen molar-refractivity contribution < 1.29 is 28.3 Å². The van der Waals surface area contributed by atoms with Crippen molar-refractivity contribution in [2.45, 2.75) is 68.2 Å². The first-order valence-corrected chi connectivity index (χ1v) is 14.2. The summed E-state index contributed by atoms with van der Waals surface area (Å²) < 4.78 is 30.6. The Labute approximate surface area is 240 Å². The van der Waals surface area contributed by atoms with Crippen LogP contribution in [-0.4, -0.2) is 58.3 Å². The summed E-state index contributed by atoms with van der Waals surface area (Å²) in [6, 6.07) is 9.88. The zero-order valence-electron chi connectivity index (χ0n) is 22.1. The topological polar surface area (TPSA) is 123 Å². The summed E-state index contributed by atoms with van der Waals surface area (Å²) in [5, 5.41) is 27.6. The van der Waals surface area contributed by atoms with Gasteiger partial charge in [0.15, 0.2) is 5.60 Å². The number of nitrogens with zero attached hydrogens (tertiary/aromatic N) is 2. The van der Waals surface area contributed by atoms with Crippen LogP contribution in [0.3, 0.4) is 0 Å². The molecule has 2 aliphatic carbocycles. The fourth-order valence-electron chi connectivity index (χ4n) is 7.19. The van der Waals surface area contributed by atoms with Gasteiger partial charge in [-0.05, 0) is 55.4 Å². The smallest absolute Gasteiger partial charge is 0.264 e. The number of fused-ring (bicyclic) bond motifs is 6. The van der Waals surface area contributed by atoms with Gasteiger partial charge >= 0.3 is 0 Å². The average molecular weight is 583 g/mol. The predicted molar refractivity (Wildman–Crippen MR) is 144 cm³/mol. The van der Waals surface area contributed by atoms with E-state index in [0.717, 1.165) is 11.3 Å². The highest BCUT2D eigenvalue weighted by Gasteiger charge is 2.63. The molecule has 6 atom stereocenters. The number of carbonyl (C=O) groups is 3. The summed E-state index contributed by atoms with van der Waals surface area (Å²) in [6.45, 7) is 0.538. The van der Waals surface area contributed by atoms with E-state index in [1.165, 1.54) is 6.07 Å². The van der Waals surface area contributed by atoms with Gasteiger partial charge in [-0.3, -0.25) is 14.4 Å². The summed E-state index contributed by atoms with van der Waals surface area (Å²) >= 11 is 6.27. The zero-order valence-corrected chi connectivity index (χ0v) is 22.8. The number of aliphatic hydroxyl groups is 1. The normalized spacial score (nSPS) is 30.0. The molecular formula is C30H29ClF2N4O4. The van der Waals surface area contributed by atoms with Crippen molar-refractivity contribution in [3.63, 3.8) is 0 Å². The Morgan fingerprint density at radius 1 is 1.17 bits per heavy atom. The van der Waals surface area contributed by atoms with Gasteiger partial charge in [0.2, 0.25) is 11.8 Å². The lowest BCUT2D eigenvalue weighted by Crippen LogP contribution is -2.70. The molecule has 3 heterocycles. The molecular weight excluding hydrogens is 554 g/mol. The Bertz CT molecular complexity index is 1480. The molecule has 7 rings (SSSR count). The van der Waals surface area contributed by atoms with Gasteiger partial charge in [-0.1, -0.05) is 41.9 Å². The Morgan fingerprint density at radius 3 is 2.66 bits per heavy atom. The molecule has 3 aliphatic heterocycles. The first kappa shape index (κ1) is 27.6. The molecule has 2 aromatic rings. The molecule has 0 spiro atoms. The number of benzene rings is 2. The van der Waals surface area contributed by atoms with Gasteiger partial charge in [0, 0.05) is 41.1 Å². The number of hydrogen-bond acceptors (Lipinski definition) is 5. The number of nitriles is 1. The summed E-state index contributed by atoms with van der Waals surface area (Å²) in [4.78, 5) is 41.6.